The van der Waals surface area contributed by atoms with Crippen LogP contribution >= 0.6 is 0 Å². The van der Waals surface area contributed by atoms with Gasteiger partial charge in [-0.3, -0.25) is 9.59 Å². The first-order chi connectivity index (χ1) is 13.6. The largest absolute Gasteiger partial charge is 0.324 e. The summed E-state index contributed by atoms with van der Waals surface area (Å²) in [5, 5.41) is 2.68. The molecule has 6 heteroatoms. The van der Waals surface area contributed by atoms with Gasteiger partial charge in [-0.1, -0.05) is 32.1 Å². The number of carbonyl (C=O) groups is 2. The van der Waals surface area contributed by atoms with Gasteiger partial charge in [0.2, 0.25) is 11.8 Å². The van der Waals surface area contributed by atoms with Crippen LogP contribution in [0.15, 0.2) is 18.2 Å². The molecule has 1 aromatic rings. The first-order valence-electron chi connectivity index (χ1n) is 10.8. The van der Waals surface area contributed by atoms with E-state index >= 15 is 0 Å². The first kappa shape index (κ1) is 19.4. The van der Waals surface area contributed by atoms with Crippen molar-refractivity contribution < 1.29 is 14.0 Å². The molecule has 2 aliphatic heterocycles. The number of benzene rings is 1. The Morgan fingerprint density at radius 3 is 2.29 bits per heavy atom. The molecule has 0 aromatic heterocycles. The van der Waals surface area contributed by atoms with Gasteiger partial charge in [0, 0.05) is 25.2 Å². The Morgan fingerprint density at radius 1 is 0.893 bits per heavy atom. The summed E-state index contributed by atoms with van der Waals surface area (Å²) in [6.45, 7) is 1.97. The van der Waals surface area contributed by atoms with E-state index in [4.69, 9.17) is 0 Å². The standard InChI is InChI=1S/C22H30FN3O2/c23-16-8-9-20-19(14-16)24-21(27)15-22(28)26(20)18-10-12-25(13-11-18)17-6-4-2-1-3-5-7-17/h8-9,14,17-18H,1-7,10-13,15H2,(H,24,27). The summed E-state index contributed by atoms with van der Waals surface area (Å²) < 4.78 is 13.7. The minimum atomic E-state index is -0.410. The van der Waals surface area contributed by atoms with Crippen molar-refractivity contribution in [2.24, 2.45) is 0 Å². The number of rotatable bonds is 2. The normalized spacial score (nSPS) is 23.5. The number of anilines is 2. The molecule has 0 unspecified atom stereocenters. The summed E-state index contributed by atoms with van der Waals surface area (Å²) in [4.78, 5) is 29.2. The van der Waals surface area contributed by atoms with Gasteiger partial charge in [-0.2, -0.15) is 0 Å². The molecule has 28 heavy (non-hydrogen) atoms. The summed E-state index contributed by atoms with van der Waals surface area (Å²) in [7, 11) is 0. The fourth-order valence-electron chi connectivity index (χ4n) is 5.08. The molecule has 0 spiro atoms. The molecule has 1 saturated heterocycles. The number of carbonyl (C=O) groups excluding carboxylic acids is 2. The van der Waals surface area contributed by atoms with Crippen LogP contribution in [-0.4, -0.2) is 41.9 Å². The van der Waals surface area contributed by atoms with Gasteiger partial charge >= 0.3 is 0 Å². The van der Waals surface area contributed by atoms with E-state index < -0.39 is 5.82 Å². The highest BCUT2D eigenvalue weighted by Crippen LogP contribution is 2.35. The van der Waals surface area contributed by atoms with E-state index in [1.54, 1.807) is 11.0 Å². The van der Waals surface area contributed by atoms with Gasteiger partial charge < -0.3 is 15.1 Å². The number of hydrogen-bond donors (Lipinski definition) is 1. The molecular formula is C22H30FN3O2. The molecule has 3 aliphatic rings. The zero-order valence-electron chi connectivity index (χ0n) is 16.5. The fourth-order valence-corrected chi connectivity index (χ4v) is 5.08. The Labute approximate surface area is 166 Å². The molecule has 1 N–H and O–H groups in total. The van der Waals surface area contributed by atoms with Crippen molar-refractivity contribution in [3.8, 4) is 0 Å². The van der Waals surface area contributed by atoms with E-state index in [1.165, 1.54) is 57.1 Å². The molecule has 152 valence electrons. The van der Waals surface area contributed by atoms with Crippen molar-refractivity contribution in [1.82, 2.24) is 4.90 Å². The zero-order valence-corrected chi connectivity index (χ0v) is 16.5. The van der Waals surface area contributed by atoms with E-state index in [0.717, 1.165) is 25.9 Å². The van der Waals surface area contributed by atoms with Crippen LogP contribution in [0.4, 0.5) is 15.8 Å². The maximum Gasteiger partial charge on any atom is 0.236 e. The number of nitrogens with one attached hydrogen (secondary N) is 1. The summed E-state index contributed by atoms with van der Waals surface area (Å²) >= 11 is 0. The third-order valence-electron chi connectivity index (χ3n) is 6.53. The number of hydrogen-bond acceptors (Lipinski definition) is 3. The number of amides is 2. The molecule has 0 bridgehead atoms. The third-order valence-corrected chi connectivity index (χ3v) is 6.53. The number of halogens is 1. The molecule has 0 radical (unpaired) electrons. The lowest BCUT2D eigenvalue weighted by Crippen LogP contribution is -2.50. The summed E-state index contributed by atoms with van der Waals surface area (Å²) in [5.41, 5.74) is 1.03. The minimum Gasteiger partial charge on any atom is -0.324 e. The van der Waals surface area contributed by atoms with Gasteiger partial charge in [0.1, 0.15) is 12.2 Å². The van der Waals surface area contributed by atoms with Crippen LogP contribution in [0.1, 0.15) is 64.2 Å². The second-order valence-electron chi connectivity index (χ2n) is 8.42. The molecule has 1 aliphatic carbocycles. The Hall–Kier alpha value is -1.95. The fraction of sp³-hybridized carbons (Fsp3) is 0.636. The Bertz CT molecular complexity index is 722. The van der Waals surface area contributed by atoms with Crippen molar-refractivity contribution in [2.45, 2.75) is 76.3 Å². The Morgan fingerprint density at radius 2 is 1.57 bits per heavy atom. The zero-order chi connectivity index (χ0) is 19.5. The Kier molecular flexibility index (Phi) is 5.95. The van der Waals surface area contributed by atoms with Crippen LogP contribution in [-0.2, 0) is 9.59 Å². The number of nitrogens with zero attached hydrogens (tertiary/aromatic N) is 2. The summed E-state index contributed by atoms with van der Waals surface area (Å²) in [6, 6.07) is 5.03. The van der Waals surface area contributed by atoms with Gasteiger partial charge in [0.25, 0.3) is 0 Å². The molecule has 2 amide bonds. The number of fused-ring (bicyclic) bond motifs is 1. The molecule has 1 aromatic carbocycles. The maximum absolute atomic E-state index is 13.7. The average molecular weight is 387 g/mol. The predicted molar refractivity (Wildman–Crippen MR) is 108 cm³/mol. The molecule has 2 heterocycles. The lowest BCUT2D eigenvalue weighted by Gasteiger charge is -2.42. The Balaban J connectivity index is 1.47. The van der Waals surface area contributed by atoms with Crippen molar-refractivity contribution in [1.29, 1.82) is 0 Å². The van der Waals surface area contributed by atoms with Gasteiger partial charge in [0.05, 0.1) is 11.4 Å². The van der Waals surface area contributed by atoms with Gasteiger partial charge in [0.15, 0.2) is 0 Å². The van der Waals surface area contributed by atoms with Crippen molar-refractivity contribution in [2.75, 3.05) is 23.3 Å². The highest BCUT2D eigenvalue weighted by molar-refractivity contribution is 6.14. The van der Waals surface area contributed by atoms with E-state index in [9.17, 15) is 14.0 Å². The van der Waals surface area contributed by atoms with Crippen LogP contribution in [0, 0.1) is 5.82 Å². The second-order valence-corrected chi connectivity index (χ2v) is 8.42. The second kappa shape index (κ2) is 8.60. The monoisotopic (exact) mass is 387 g/mol. The molecule has 5 nitrogen and oxygen atoms in total. The van der Waals surface area contributed by atoms with Gasteiger partial charge in [-0.15, -0.1) is 0 Å². The van der Waals surface area contributed by atoms with Crippen molar-refractivity contribution in [3.05, 3.63) is 24.0 Å². The van der Waals surface area contributed by atoms with E-state index in [-0.39, 0.29) is 24.3 Å². The van der Waals surface area contributed by atoms with E-state index in [2.05, 4.69) is 10.2 Å². The van der Waals surface area contributed by atoms with Crippen LogP contribution in [0.5, 0.6) is 0 Å². The van der Waals surface area contributed by atoms with Crippen LogP contribution in [0.2, 0.25) is 0 Å². The highest BCUT2D eigenvalue weighted by Gasteiger charge is 2.35. The minimum absolute atomic E-state index is 0.0641. The topological polar surface area (TPSA) is 52.7 Å². The van der Waals surface area contributed by atoms with E-state index in [1.807, 2.05) is 0 Å². The predicted octanol–water partition coefficient (Wildman–Crippen LogP) is 4.08. The number of likely N-dealkylation sites (tertiary alicyclic amines) is 1. The molecule has 0 atom stereocenters. The quantitative estimate of drug-likeness (QED) is 0.778. The average Bonchev–Trinajstić information content (AvgIpc) is 2.76. The highest BCUT2D eigenvalue weighted by atomic mass is 19.1. The van der Waals surface area contributed by atoms with Crippen molar-refractivity contribution >= 4 is 23.2 Å². The van der Waals surface area contributed by atoms with Crippen LogP contribution < -0.4 is 10.2 Å². The van der Waals surface area contributed by atoms with Gasteiger partial charge in [-0.05, 0) is 43.9 Å². The summed E-state index contributed by atoms with van der Waals surface area (Å²) in [6.07, 6.45) is 10.9. The van der Waals surface area contributed by atoms with Gasteiger partial charge in [-0.25, -0.2) is 4.39 Å². The third kappa shape index (κ3) is 4.22. The lowest BCUT2D eigenvalue weighted by atomic mass is 9.93. The maximum atomic E-state index is 13.7. The molecular weight excluding hydrogens is 357 g/mol. The van der Waals surface area contributed by atoms with Crippen molar-refractivity contribution in [3.63, 3.8) is 0 Å². The van der Waals surface area contributed by atoms with Crippen LogP contribution in [0.25, 0.3) is 0 Å². The SMILES string of the molecule is O=C1CC(=O)N(C2CCN(C3CCCCCCC3)CC2)c2ccc(F)cc2N1. The molecule has 4 rings (SSSR count). The smallest absolute Gasteiger partial charge is 0.236 e. The number of piperidine rings is 1. The summed E-state index contributed by atoms with van der Waals surface area (Å²) in [5.74, 6) is -0.967. The molecule has 1 saturated carbocycles. The van der Waals surface area contributed by atoms with Crippen LogP contribution in [0.3, 0.4) is 0 Å². The first-order valence-corrected chi connectivity index (χ1v) is 10.8. The lowest BCUT2D eigenvalue weighted by molar-refractivity contribution is -0.125. The van der Waals surface area contributed by atoms with E-state index in [0.29, 0.717) is 17.4 Å². The molecule has 2 fully saturated rings.